The molecule has 0 spiro atoms. The summed E-state index contributed by atoms with van der Waals surface area (Å²) in [5.41, 5.74) is 6.36. The number of fused-ring (bicyclic) bond motifs is 1. The molecule has 1 aromatic heterocycles. The van der Waals surface area contributed by atoms with Crippen LogP contribution < -0.4 is 10.2 Å². The molecule has 3 aromatic rings. The van der Waals surface area contributed by atoms with Crippen LogP contribution >= 0.6 is 0 Å². The lowest BCUT2D eigenvalue weighted by atomic mass is 10.00. The number of amides is 1. The van der Waals surface area contributed by atoms with Crippen molar-refractivity contribution in [2.45, 2.75) is 26.8 Å². The van der Waals surface area contributed by atoms with E-state index in [2.05, 4.69) is 39.5 Å². The highest BCUT2D eigenvalue weighted by molar-refractivity contribution is 6.05. The molecule has 4 heteroatoms. The minimum Gasteiger partial charge on any atom is -0.352 e. The number of para-hydroxylation sites is 1. The van der Waals surface area contributed by atoms with Crippen molar-refractivity contribution in [1.29, 1.82) is 0 Å². The fourth-order valence-corrected chi connectivity index (χ4v) is 3.62. The van der Waals surface area contributed by atoms with Gasteiger partial charge in [-0.3, -0.25) is 4.79 Å². The maximum Gasteiger partial charge on any atom is 0.255 e. The van der Waals surface area contributed by atoms with Crippen LogP contribution in [-0.2, 0) is 13.0 Å². The molecule has 0 saturated carbocycles. The normalized spacial score (nSPS) is 13.2. The molecule has 1 aliphatic rings. The molecule has 1 aliphatic heterocycles. The molecule has 2 aromatic carbocycles. The van der Waals surface area contributed by atoms with E-state index in [1.807, 2.05) is 38.1 Å². The molecule has 0 aliphatic carbocycles. The molecule has 0 fully saturated rings. The molecule has 0 atom stereocenters. The Bertz CT molecular complexity index is 976. The summed E-state index contributed by atoms with van der Waals surface area (Å²) in [6, 6.07) is 18.2. The van der Waals surface area contributed by atoms with Gasteiger partial charge in [-0.25, -0.2) is 4.98 Å². The first kappa shape index (κ1) is 17.3. The number of aryl methyl sites for hydroxylation is 2. The quantitative estimate of drug-likeness (QED) is 0.750. The van der Waals surface area contributed by atoms with Gasteiger partial charge in [0.05, 0.1) is 0 Å². The molecular weight excluding hydrogens is 334 g/mol. The molecular formula is C23H23N3O. The summed E-state index contributed by atoms with van der Waals surface area (Å²) < 4.78 is 0. The van der Waals surface area contributed by atoms with E-state index in [1.54, 1.807) is 12.3 Å². The first-order valence-electron chi connectivity index (χ1n) is 9.27. The van der Waals surface area contributed by atoms with Crippen LogP contribution in [0.25, 0.3) is 0 Å². The van der Waals surface area contributed by atoms with E-state index in [0.717, 1.165) is 42.1 Å². The van der Waals surface area contributed by atoms with Crippen LogP contribution in [0.15, 0.2) is 60.8 Å². The van der Waals surface area contributed by atoms with Crippen molar-refractivity contribution in [3.63, 3.8) is 0 Å². The largest absolute Gasteiger partial charge is 0.352 e. The average molecular weight is 357 g/mol. The second kappa shape index (κ2) is 7.23. The summed E-state index contributed by atoms with van der Waals surface area (Å²) in [4.78, 5) is 19.5. The van der Waals surface area contributed by atoms with E-state index in [9.17, 15) is 4.79 Å². The first-order valence-corrected chi connectivity index (χ1v) is 9.27. The highest BCUT2D eigenvalue weighted by Crippen LogP contribution is 2.24. The lowest BCUT2D eigenvalue weighted by Crippen LogP contribution is -2.31. The smallest absolute Gasteiger partial charge is 0.255 e. The summed E-state index contributed by atoms with van der Waals surface area (Å²) >= 11 is 0. The number of carbonyl (C=O) groups is 1. The van der Waals surface area contributed by atoms with Crippen LogP contribution in [0.5, 0.6) is 0 Å². The maximum absolute atomic E-state index is 12.8. The molecule has 0 bridgehead atoms. The third-order valence-electron chi connectivity index (χ3n) is 5.18. The van der Waals surface area contributed by atoms with Crippen LogP contribution in [0.2, 0.25) is 0 Å². The number of benzene rings is 2. The lowest BCUT2D eigenvalue weighted by molar-refractivity contribution is 0.102. The lowest BCUT2D eigenvalue weighted by Gasteiger charge is -2.30. The zero-order valence-electron chi connectivity index (χ0n) is 15.7. The monoisotopic (exact) mass is 357 g/mol. The second-order valence-corrected chi connectivity index (χ2v) is 7.06. The Hall–Kier alpha value is -3.14. The van der Waals surface area contributed by atoms with Crippen molar-refractivity contribution in [3.8, 4) is 0 Å². The molecule has 4 nitrogen and oxygen atoms in total. The van der Waals surface area contributed by atoms with Gasteiger partial charge in [-0.1, -0.05) is 42.5 Å². The Balaban J connectivity index is 1.55. The fourth-order valence-electron chi connectivity index (χ4n) is 3.62. The third kappa shape index (κ3) is 3.56. The van der Waals surface area contributed by atoms with Gasteiger partial charge in [-0.05, 0) is 54.7 Å². The van der Waals surface area contributed by atoms with Gasteiger partial charge in [0.2, 0.25) is 0 Å². The number of nitrogens with zero attached hydrogens (tertiary/aromatic N) is 2. The van der Waals surface area contributed by atoms with Gasteiger partial charge >= 0.3 is 0 Å². The van der Waals surface area contributed by atoms with Crippen molar-refractivity contribution in [1.82, 2.24) is 4.98 Å². The van der Waals surface area contributed by atoms with Gasteiger partial charge in [0.15, 0.2) is 0 Å². The van der Waals surface area contributed by atoms with Crippen molar-refractivity contribution < 1.29 is 4.79 Å². The number of anilines is 2. The predicted octanol–water partition coefficient (Wildman–Crippen LogP) is 4.51. The van der Waals surface area contributed by atoms with E-state index in [4.69, 9.17) is 0 Å². The molecule has 0 radical (unpaired) electrons. The summed E-state index contributed by atoms with van der Waals surface area (Å²) in [5.74, 6) is 0.743. The van der Waals surface area contributed by atoms with Crippen molar-refractivity contribution >= 4 is 17.4 Å². The van der Waals surface area contributed by atoms with E-state index in [-0.39, 0.29) is 5.91 Å². The van der Waals surface area contributed by atoms with Gasteiger partial charge in [0, 0.05) is 30.5 Å². The summed E-state index contributed by atoms with van der Waals surface area (Å²) in [6.45, 7) is 5.74. The summed E-state index contributed by atoms with van der Waals surface area (Å²) in [6.07, 6.45) is 2.71. The Kier molecular flexibility index (Phi) is 4.63. The van der Waals surface area contributed by atoms with Crippen LogP contribution in [0, 0.1) is 13.8 Å². The van der Waals surface area contributed by atoms with Crippen molar-refractivity contribution in [3.05, 3.63) is 88.6 Å². The Labute approximate surface area is 159 Å². The highest BCUT2D eigenvalue weighted by Gasteiger charge is 2.18. The number of aromatic nitrogens is 1. The zero-order valence-corrected chi connectivity index (χ0v) is 15.7. The number of nitrogens with one attached hydrogen (secondary N) is 1. The molecule has 0 saturated heterocycles. The minimum absolute atomic E-state index is 0.103. The number of pyridine rings is 1. The standard InChI is InChI=1S/C23H23N3O/c1-16-6-5-7-17(2)22(16)25-23(27)19-10-12-24-21(14-19)26-13-11-18-8-3-4-9-20(18)15-26/h3-10,12,14H,11,13,15H2,1-2H3,(H,25,27). The van der Waals surface area contributed by atoms with E-state index >= 15 is 0 Å². The Morgan fingerprint density at radius 3 is 2.52 bits per heavy atom. The van der Waals surface area contributed by atoms with Crippen LogP contribution in [0.4, 0.5) is 11.5 Å². The molecule has 136 valence electrons. The minimum atomic E-state index is -0.103. The summed E-state index contributed by atoms with van der Waals surface area (Å²) in [5, 5.41) is 3.06. The molecule has 1 amide bonds. The van der Waals surface area contributed by atoms with E-state index in [1.165, 1.54) is 11.1 Å². The number of rotatable bonds is 3. The second-order valence-electron chi connectivity index (χ2n) is 7.06. The average Bonchev–Trinajstić information content (AvgIpc) is 2.70. The van der Waals surface area contributed by atoms with E-state index < -0.39 is 0 Å². The number of hydrogen-bond acceptors (Lipinski definition) is 3. The third-order valence-corrected chi connectivity index (χ3v) is 5.18. The molecule has 27 heavy (non-hydrogen) atoms. The molecule has 2 heterocycles. The SMILES string of the molecule is Cc1cccc(C)c1NC(=O)c1ccnc(N2CCc3ccccc3C2)c1. The number of carbonyl (C=O) groups excluding carboxylic acids is 1. The highest BCUT2D eigenvalue weighted by atomic mass is 16.1. The van der Waals surface area contributed by atoms with Crippen LogP contribution in [0.3, 0.4) is 0 Å². The maximum atomic E-state index is 12.8. The zero-order chi connectivity index (χ0) is 18.8. The summed E-state index contributed by atoms with van der Waals surface area (Å²) in [7, 11) is 0. The predicted molar refractivity (Wildman–Crippen MR) is 109 cm³/mol. The van der Waals surface area contributed by atoms with Gasteiger partial charge in [-0.2, -0.15) is 0 Å². The van der Waals surface area contributed by atoms with Gasteiger partial charge in [0.25, 0.3) is 5.91 Å². The van der Waals surface area contributed by atoms with Gasteiger partial charge in [0.1, 0.15) is 5.82 Å². The van der Waals surface area contributed by atoms with E-state index in [0.29, 0.717) is 5.56 Å². The van der Waals surface area contributed by atoms with Gasteiger partial charge in [-0.15, -0.1) is 0 Å². The topological polar surface area (TPSA) is 45.2 Å². The van der Waals surface area contributed by atoms with Crippen molar-refractivity contribution in [2.24, 2.45) is 0 Å². The van der Waals surface area contributed by atoms with Crippen molar-refractivity contribution in [2.75, 3.05) is 16.8 Å². The molecule has 4 rings (SSSR count). The Morgan fingerprint density at radius 2 is 1.74 bits per heavy atom. The molecule has 0 unspecified atom stereocenters. The number of hydrogen-bond donors (Lipinski definition) is 1. The Morgan fingerprint density at radius 1 is 1.00 bits per heavy atom. The molecule has 1 N–H and O–H groups in total. The fraction of sp³-hybridized carbons (Fsp3) is 0.217. The van der Waals surface area contributed by atoms with Gasteiger partial charge < -0.3 is 10.2 Å². The van der Waals surface area contributed by atoms with Crippen LogP contribution in [-0.4, -0.2) is 17.4 Å². The first-order chi connectivity index (χ1) is 13.1. The van der Waals surface area contributed by atoms with Crippen LogP contribution in [0.1, 0.15) is 32.6 Å².